The molecule has 0 unspecified atom stereocenters. The van der Waals surface area contributed by atoms with E-state index >= 15 is 0 Å². The maximum Gasteiger partial charge on any atom is 0.253 e. The summed E-state index contributed by atoms with van der Waals surface area (Å²) in [5.74, 6) is -0.337. The van der Waals surface area contributed by atoms with Gasteiger partial charge in [0.1, 0.15) is 0 Å². The molecule has 5 heteroatoms. The number of carbonyl (C=O) groups excluding carboxylic acids is 2. The van der Waals surface area contributed by atoms with Crippen LogP contribution in [0.2, 0.25) is 0 Å². The van der Waals surface area contributed by atoms with Gasteiger partial charge in [0.25, 0.3) is 5.91 Å². The number of hydrogen-bond acceptors (Lipinski definition) is 3. The van der Waals surface area contributed by atoms with Gasteiger partial charge in [-0.2, -0.15) is 0 Å². The monoisotopic (exact) mass is 291 g/mol. The van der Waals surface area contributed by atoms with Crippen LogP contribution in [0.5, 0.6) is 0 Å². The lowest BCUT2D eigenvalue weighted by atomic mass is 10.1. The van der Waals surface area contributed by atoms with Crippen LogP contribution in [0, 0.1) is 0 Å². The summed E-state index contributed by atoms with van der Waals surface area (Å²) in [6.45, 7) is 9.34. The number of rotatable bonds is 8. The van der Waals surface area contributed by atoms with E-state index in [-0.39, 0.29) is 11.8 Å². The number of nitrogens with zero attached hydrogens (tertiary/aromatic N) is 1. The first kappa shape index (κ1) is 17.2. The fourth-order valence-corrected chi connectivity index (χ4v) is 2.12. The maximum absolute atomic E-state index is 12.2. The average molecular weight is 291 g/mol. The van der Waals surface area contributed by atoms with E-state index in [4.69, 9.17) is 0 Å². The second-order valence-corrected chi connectivity index (χ2v) is 4.86. The van der Waals surface area contributed by atoms with Crippen molar-refractivity contribution in [3.63, 3.8) is 0 Å². The van der Waals surface area contributed by atoms with Crippen molar-refractivity contribution in [3.05, 3.63) is 29.8 Å². The third-order valence-corrected chi connectivity index (χ3v) is 3.31. The molecule has 0 aliphatic carbocycles. The van der Waals surface area contributed by atoms with Gasteiger partial charge in [-0.3, -0.25) is 9.59 Å². The Morgan fingerprint density at radius 3 is 2.43 bits per heavy atom. The SMILES string of the molecule is CCN(CC)CCCNC(=O)c1ccccc1NC(C)=O. The van der Waals surface area contributed by atoms with Gasteiger partial charge in [0.15, 0.2) is 0 Å². The number of anilines is 1. The Kier molecular flexibility index (Phi) is 7.46. The summed E-state index contributed by atoms with van der Waals surface area (Å²) in [4.78, 5) is 25.6. The Morgan fingerprint density at radius 2 is 1.81 bits per heavy atom. The second-order valence-electron chi connectivity index (χ2n) is 4.86. The molecule has 116 valence electrons. The van der Waals surface area contributed by atoms with E-state index in [0.29, 0.717) is 17.8 Å². The Morgan fingerprint density at radius 1 is 1.14 bits per heavy atom. The van der Waals surface area contributed by atoms with Crippen molar-refractivity contribution >= 4 is 17.5 Å². The second kappa shape index (κ2) is 9.13. The van der Waals surface area contributed by atoms with Crippen molar-refractivity contribution in [3.8, 4) is 0 Å². The molecule has 0 aromatic heterocycles. The van der Waals surface area contributed by atoms with Gasteiger partial charge in [-0.25, -0.2) is 0 Å². The molecule has 0 bridgehead atoms. The predicted molar refractivity (Wildman–Crippen MR) is 85.5 cm³/mol. The standard InChI is InChI=1S/C16H25N3O2/c1-4-19(5-2)12-8-11-17-16(21)14-9-6-7-10-15(14)18-13(3)20/h6-7,9-10H,4-5,8,11-12H2,1-3H3,(H,17,21)(H,18,20). The third kappa shape index (κ3) is 5.95. The van der Waals surface area contributed by atoms with E-state index in [0.717, 1.165) is 26.1 Å². The van der Waals surface area contributed by atoms with E-state index < -0.39 is 0 Å². The molecule has 0 fully saturated rings. The number of para-hydroxylation sites is 1. The molecule has 2 amide bonds. The van der Waals surface area contributed by atoms with Crippen LogP contribution < -0.4 is 10.6 Å². The van der Waals surface area contributed by atoms with Crippen LogP contribution in [0.3, 0.4) is 0 Å². The van der Waals surface area contributed by atoms with Crippen molar-refractivity contribution in [2.24, 2.45) is 0 Å². The molecule has 0 spiro atoms. The zero-order valence-electron chi connectivity index (χ0n) is 13.1. The van der Waals surface area contributed by atoms with Crippen molar-refractivity contribution in [2.45, 2.75) is 27.2 Å². The molecule has 5 nitrogen and oxygen atoms in total. The lowest BCUT2D eigenvalue weighted by molar-refractivity contribution is -0.114. The van der Waals surface area contributed by atoms with E-state index in [9.17, 15) is 9.59 Å². The van der Waals surface area contributed by atoms with Crippen LogP contribution in [0.25, 0.3) is 0 Å². The zero-order chi connectivity index (χ0) is 15.7. The Hall–Kier alpha value is -1.88. The highest BCUT2D eigenvalue weighted by molar-refractivity contribution is 6.03. The fraction of sp³-hybridized carbons (Fsp3) is 0.500. The predicted octanol–water partition coefficient (Wildman–Crippen LogP) is 2.11. The number of amides is 2. The molecule has 0 radical (unpaired) electrons. The number of hydrogen-bond donors (Lipinski definition) is 2. The minimum atomic E-state index is -0.184. The van der Waals surface area contributed by atoms with Gasteiger partial charge in [-0.1, -0.05) is 26.0 Å². The van der Waals surface area contributed by atoms with Gasteiger partial charge in [0.05, 0.1) is 11.3 Å². The van der Waals surface area contributed by atoms with Crippen LogP contribution >= 0.6 is 0 Å². The quantitative estimate of drug-likeness (QED) is 0.721. The van der Waals surface area contributed by atoms with E-state index in [1.807, 2.05) is 0 Å². The Labute approximate surface area is 126 Å². The van der Waals surface area contributed by atoms with Crippen molar-refractivity contribution in [1.82, 2.24) is 10.2 Å². The topological polar surface area (TPSA) is 61.4 Å². The Balaban J connectivity index is 2.50. The van der Waals surface area contributed by atoms with Crippen LogP contribution in [0.1, 0.15) is 37.6 Å². The first-order chi connectivity index (χ1) is 10.1. The van der Waals surface area contributed by atoms with Crippen molar-refractivity contribution < 1.29 is 9.59 Å². The number of benzene rings is 1. The summed E-state index contributed by atoms with van der Waals surface area (Å²) in [6.07, 6.45) is 0.912. The first-order valence-corrected chi connectivity index (χ1v) is 7.45. The zero-order valence-corrected chi connectivity index (χ0v) is 13.1. The summed E-state index contributed by atoms with van der Waals surface area (Å²) in [7, 11) is 0. The smallest absolute Gasteiger partial charge is 0.253 e. The molecule has 1 aromatic rings. The summed E-state index contributed by atoms with van der Waals surface area (Å²) in [5.41, 5.74) is 1.04. The highest BCUT2D eigenvalue weighted by Gasteiger charge is 2.11. The molecule has 0 saturated heterocycles. The molecular formula is C16H25N3O2. The van der Waals surface area contributed by atoms with Gasteiger partial charge >= 0.3 is 0 Å². The van der Waals surface area contributed by atoms with Gasteiger partial charge < -0.3 is 15.5 Å². The molecule has 1 rings (SSSR count). The van der Waals surface area contributed by atoms with E-state index in [1.165, 1.54) is 6.92 Å². The summed E-state index contributed by atoms with van der Waals surface area (Å²) in [5, 5.41) is 5.57. The molecule has 0 atom stereocenters. The number of carbonyl (C=O) groups is 2. The molecule has 0 aliphatic heterocycles. The van der Waals surface area contributed by atoms with Crippen molar-refractivity contribution in [1.29, 1.82) is 0 Å². The summed E-state index contributed by atoms with van der Waals surface area (Å²) in [6, 6.07) is 7.02. The van der Waals surface area contributed by atoms with E-state index in [2.05, 4.69) is 29.4 Å². The third-order valence-electron chi connectivity index (χ3n) is 3.31. The molecule has 2 N–H and O–H groups in total. The van der Waals surface area contributed by atoms with Gasteiger partial charge in [0, 0.05) is 13.5 Å². The van der Waals surface area contributed by atoms with Gasteiger partial charge in [0.2, 0.25) is 5.91 Å². The van der Waals surface area contributed by atoms with Crippen molar-refractivity contribution in [2.75, 3.05) is 31.5 Å². The molecular weight excluding hydrogens is 266 g/mol. The molecule has 0 aliphatic rings. The van der Waals surface area contributed by atoms with E-state index in [1.54, 1.807) is 24.3 Å². The van der Waals surface area contributed by atoms with Gasteiger partial charge in [-0.05, 0) is 38.2 Å². The summed E-state index contributed by atoms with van der Waals surface area (Å²) < 4.78 is 0. The normalized spacial score (nSPS) is 10.5. The minimum absolute atomic E-state index is 0.154. The molecule has 21 heavy (non-hydrogen) atoms. The average Bonchev–Trinajstić information content (AvgIpc) is 2.47. The van der Waals surface area contributed by atoms with Crippen LogP contribution in [0.15, 0.2) is 24.3 Å². The van der Waals surface area contributed by atoms with Crippen LogP contribution in [-0.4, -0.2) is 42.9 Å². The summed E-state index contributed by atoms with van der Waals surface area (Å²) >= 11 is 0. The highest BCUT2D eigenvalue weighted by atomic mass is 16.2. The van der Waals surface area contributed by atoms with Gasteiger partial charge in [-0.15, -0.1) is 0 Å². The molecule has 0 saturated carbocycles. The minimum Gasteiger partial charge on any atom is -0.352 e. The first-order valence-electron chi connectivity index (χ1n) is 7.45. The largest absolute Gasteiger partial charge is 0.352 e. The van der Waals surface area contributed by atoms with Crippen LogP contribution in [0.4, 0.5) is 5.69 Å². The van der Waals surface area contributed by atoms with Crippen LogP contribution in [-0.2, 0) is 4.79 Å². The highest BCUT2D eigenvalue weighted by Crippen LogP contribution is 2.14. The molecule has 1 aromatic carbocycles. The maximum atomic E-state index is 12.2. The lowest BCUT2D eigenvalue weighted by Crippen LogP contribution is -2.30. The fourth-order valence-electron chi connectivity index (χ4n) is 2.12. The lowest BCUT2D eigenvalue weighted by Gasteiger charge is -2.17. The Bertz CT molecular complexity index is 470. The number of nitrogens with one attached hydrogen (secondary N) is 2. The molecule has 0 heterocycles.